The van der Waals surface area contributed by atoms with Gasteiger partial charge in [0.25, 0.3) is 0 Å². The molecule has 0 spiro atoms. The van der Waals surface area contributed by atoms with Crippen LogP contribution in [0.1, 0.15) is 10.6 Å². The van der Waals surface area contributed by atoms with Crippen molar-refractivity contribution in [2.75, 3.05) is 0 Å². The zero-order valence-corrected chi connectivity index (χ0v) is 16.9. The van der Waals surface area contributed by atoms with Crippen LogP contribution in [0.15, 0.2) is 81.5 Å². The van der Waals surface area contributed by atoms with Gasteiger partial charge in [-0.25, -0.2) is 9.78 Å². The van der Waals surface area contributed by atoms with Gasteiger partial charge in [0.15, 0.2) is 0 Å². The highest BCUT2D eigenvalue weighted by Gasteiger charge is 2.15. The average molecular weight is 422 g/mol. The molecule has 0 atom stereocenters. The van der Waals surface area contributed by atoms with E-state index in [0.29, 0.717) is 27.4 Å². The maximum absolute atomic E-state index is 12.4. The lowest BCUT2D eigenvalue weighted by molar-refractivity contribution is 0.563. The molecular formula is C24H14N4O2S. The van der Waals surface area contributed by atoms with E-state index in [1.54, 1.807) is 29.8 Å². The SMILES string of the molecule is N#C/C(=C\c1cn[nH]c1-c1ccccc1)c1nc(-c2cc3ccccc3oc2=O)cs1. The van der Waals surface area contributed by atoms with E-state index in [1.165, 1.54) is 11.3 Å². The van der Waals surface area contributed by atoms with E-state index in [0.717, 1.165) is 22.2 Å². The molecule has 0 aliphatic heterocycles. The molecule has 6 nitrogen and oxygen atoms in total. The molecule has 0 bridgehead atoms. The van der Waals surface area contributed by atoms with Gasteiger partial charge < -0.3 is 4.42 Å². The standard InChI is InChI=1S/C24H14N4O2S/c25-12-17(10-18-13-26-28-22(18)15-6-2-1-3-7-15)23-27-20(14-31-23)19-11-16-8-4-5-9-21(16)30-24(19)29/h1-11,13-14H,(H,26,28)/b17-10+. The Hall–Kier alpha value is -4.28. The van der Waals surface area contributed by atoms with Crippen molar-refractivity contribution in [1.29, 1.82) is 5.26 Å². The number of aromatic nitrogens is 3. The molecule has 2 aromatic carbocycles. The normalized spacial score (nSPS) is 11.5. The molecule has 148 valence electrons. The number of H-pyrrole nitrogens is 1. The minimum Gasteiger partial charge on any atom is -0.422 e. The minimum absolute atomic E-state index is 0.367. The number of para-hydroxylation sites is 1. The largest absolute Gasteiger partial charge is 0.422 e. The second-order valence-electron chi connectivity index (χ2n) is 6.76. The van der Waals surface area contributed by atoms with Crippen molar-refractivity contribution in [2.45, 2.75) is 0 Å². The van der Waals surface area contributed by atoms with Gasteiger partial charge in [0.1, 0.15) is 16.7 Å². The molecule has 3 heterocycles. The lowest BCUT2D eigenvalue weighted by Gasteiger charge is -2.00. The molecule has 5 aromatic rings. The zero-order chi connectivity index (χ0) is 21.2. The lowest BCUT2D eigenvalue weighted by atomic mass is 10.1. The number of hydrogen-bond donors (Lipinski definition) is 1. The third kappa shape index (κ3) is 3.56. The van der Waals surface area contributed by atoms with Gasteiger partial charge in [-0.3, -0.25) is 5.10 Å². The van der Waals surface area contributed by atoms with Crippen molar-refractivity contribution in [1.82, 2.24) is 15.2 Å². The maximum atomic E-state index is 12.4. The van der Waals surface area contributed by atoms with Crippen LogP contribution in [0.2, 0.25) is 0 Å². The predicted molar refractivity (Wildman–Crippen MR) is 121 cm³/mol. The maximum Gasteiger partial charge on any atom is 0.345 e. The van der Waals surface area contributed by atoms with E-state index in [-0.39, 0.29) is 0 Å². The molecule has 5 rings (SSSR count). The predicted octanol–water partition coefficient (Wildman–Crippen LogP) is 5.37. The molecule has 31 heavy (non-hydrogen) atoms. The first kappa shape index (κ1) is 18.7. The molecule has 0 fully saturated rings. The van der Waals surface area contributed by atoms with Gasteiger partial charge in [0.05, 0.1) is 28.7 Å². The first-order chi connectivity index (χ1) is 15.2. The summed E-state index contributed by atoms with van der Waals surface area (Å²) in [7, 11) is 0. The van der Waals surface area contributed by atoms with Gasteiger partial charge in [-0.15, -0.1) is 11.3 Å². The van der Waals surface area contributed by atoms with E-state index < -0.39 is 5.63 Å². The Morgan fingerprint density at radius 1 is 1.13 bits per heavy atom. The molecule has 0 radical (unpaired) electrons. The summed E-state index contributed by atoms with van der Waals surface area (Å²) < 4.78 is 5.41. The van der Waals surface area contributed by atoms with Gasteiger partial charge in [-0.05, 0) is 18.2 Å². The number of rotatable bonds is 4. The van der Waals surface area contributed by atoms with Crippen molar-refractivity contribution >= 4 is 34.0 Å². The van der Waals surface area contributed by atoms with Gasteiger partial charge in [0, 0.05) is 21.9 Å². The molecule has 0 amide bonds. The number of nitrogens with zero attached hydrogens (tertiary/aromatic N) is 3. The number of hydrogen-bond acceptors (Lipinski definition) is 6. The summed E-state index contributed by atoms with van der Waals surface area (Å²) in [5, 5.41) is 20.0. The fraction of sp³-hybridized carbons (Fsp3) is 0. The number of thiazole rings is 1. The van der Waals surface area contributed by atoms with Crippen LogP contribution in [0.3, 0.4) is 0 Å². The van der Waals surface area contributed by atoms with Crippen molar-refractivity contribution in [3.8, 4) is 28.6 Å². The van der Waals surface area contributed by atoms with E-state index in [9.17, 15) is 10.1 Å². The van der Waals surface area contributed by atoms with Crippen LogP contribution in [0.4, 0.5) is 0 Å². The molecule has 0 aliphatic rings. The Morgan fingerprint density at radius 3 is 2.77 bits per heavy atom. The third-order valence-electron chi connectivity index (χ3n) is 4.80. The summed E-state index contributed by atoms with van der Waals surface area (Å²) in [4.78, 5) is 17.0. The van der Waals surface area contributed by atoms with E-state index in [2.05, 4.69) is 21.3 Å². The number of allylic oxidation sites excluding steroid dienone is 1. The Balaban J connectivity index is 1.54. The monoisotopic (exact) mass is 422 g/mol. The quantitative estimate of drug-likeness (QED) is 0.310. The summed E-state index contributed by atoms with van der Waals surface area (Å²) >= 11 is 1.30. The van der Waals surface area contributed by atoms with Gasteiger partial charge in [0.2, 0.25) is 0 Å². The Bertz CT molecular complexity index is 1520. The number of aromatic amines is 1. The summed E-state index contributed by atoms with van der Waals surface area (Å²) in [5.41, 5.74) is 3.88. The Kier molecular flexibility index (Phi) is 4.75. The third-order valence-corrected chi connectivity index (χ3v) is 5.68. The van der Waals surface area contributed by atoms with Crippen LogP contribution >= 0.6 is 11.3 Å². The van der Waals surface area contributed by atoms with Crippen LogP contribution < -0.4 is 5.63 Å². The number of benzene rings is 2. The summed E-state index contributed by atoms with van der Waals surface area (Å²) in [6, 6.07) is 21.1. The summed E-state index contributed by atoms with van der Waals surface area (Å²) in [5.74, 6) is 0. The second-order valence-corrected chi connectivity index (χ2v) is 7.62. The highest BCUT2D eigenvalue weighted by molar-refractivity contribution is 7.11. The number of nitrogens with one attached hydrogen (secondary N) is 1. The first-order valence-electron chi connectivity index (χ1n) is 9.42. The fourth-order valence-corrected chi connectivity index (χ4v) is 4.09. The van der Waals surface area contributed by atoms with Crippen LogP contribution in [0.25, 0.3) is 45.1 Å². The average Bonchev–Trinajstić information content (AvgIpc) is 3.47. The topological polar surface area (TPSA) is 95.6 Å². The van der Waals surface area contributed by atoms with Crippen LogP contribution in [0.5, 0.6) is 0 Å². The van der Waals surface area contributed by atoms with Crippen molar-refractivity contribution in [2.24, 2.45) is 0 Å². The van der Waals surface area contributed by atoms with Crippen molar-refractivity contribution < 1.29 is 4.42 Å². The molecule has 7 heteroatoms. The lowest BCUT2D eigenvalue weighted by Crippen LogP contribution is -2.02. The molecule has 3 aromatic heterocycles. The second kappa shape index (κ2) is 7.86. The molecular weight excluding hydrogens is 408 g/mol. The van der Waals surface area contributed by atoms with Crippen LogP contribution in [-0.2, 0) is 0 Å². The zero-order valence-electron chi connectivity index (χ0n) is 16.1. The highest BCUT2D eigenvalue weighted by atomic mass is 32.1. The van der Waals surface area contributed by atoms with Gasteiger partial charge in [-0.2, -0.15) is 10.4 Å². The first-order valence-corrected chi connectivity index (χ1v) is 10.3. The molecule has 1 N–H and O–H groups in total. The molecule has 0 saturated carbocycles. The van der Waals surface area contributed by atoms with Crippen LogP contribution in [0, 0.1) is 11.3 Å². The van der Waals surface area contributed by atoms with Crippen molar-refractivity contribution in [3.05, 3.63) is 93.2 Å². The summed E-state index contributed by atoms with van der Waals surface area (Å²) in [6.45, 7) is 0. The van der Waals surface area contributed by atoms with Crippen molar-refractivity contribution in [3.63, 3.8) is 0 Å². The van der Waals surface area contributed by atoms with E-state index in [4.69, 9.17) is 4.42 Å². The van der Waals surface area contributed by atoms with Crippen LogP contribution in [-0.4, -0.2) is 15.2 Å². The van der Waals surface area contributed by atoms with E-state index in [1.807, 2.05) is 48.5 Å². The molecule has 0 saturated heterocycles. The fourth-order valence-electron chi connectivity index (χ4n) is 3.30. The van der Waals surface area contributed by atoms with E-state index >= 15 is 0 Å². The van der Waals surface area contributed by atoms with Gasteiger partial charge >= 0.3 is 5.63 Å². The summed E-state index contributed by atoms with van der Waals surface area (Å²) in [6.07, 6.45) is 3.42. The Labute approximate surface area is 180 Å². The highest BCUT2D eigenvalue weighted by Crippen LogP contribution is 2.29. The van der Waals surface area contributed by atoms with Gasteiger partial charge in [-0.1, -0.05) is 48.5 Å². The number of nitriles is 1. The molecule has 0 aliphatic carbocycles. The molecule has 0 unspecified atom stereocenters. The smallest absolute Gasteiger partial charge is 0.345 e. The Morgan fingerprint density at radius 2 is 1.94 bits per heavy atom. The minimum atomic E-state index is -0.459. The number of fused-ring (bicyclic) bond motifs is 1.